The van der Waals surface area contributed by atoms with Gasteiger partial charge < -0.3 is 0 Å². The van der Waals surface area contributed by atoms with Crippen LogP contribution >= 0.6 is 0 Å². The van der Waals surface area contributed by atoms with Crippen LogP contribution in [0.3, 0.4) is 0 Å². The summed E-state index contributed by atoms with van der Waals surface area (Å²) in [6.45, 7) is 9.30. The highest BCUT2D eigenvalue weighted by molar-refractivity contribution is 4.84. The molecule has 0 aliphatic carbocycles. The minimum absolute atomic E-state index is 0.839. The average Bonchev–Trinajstić information content (AvgIpc) is 2.47. The lowest BCUT2D eigenvalue weighted by atomic mass is 9.93. The summed E-state index contributed by atoms with van der Waals surface area (Å²) >= 11 is 0. The van der Waals surface area contributed by atoms with E-state index < -0.39 is 0 Å². The number of unbranched alkanes of at least 4 members (excludes halogenated alkanes) is 13. The number of rotatable bonds is 17. The molecule has 0 atom stereocenters. The number of hydrogen-bond donors (Lipinski definition) is 0. The maximum atomic E-state index is 2.35. The van der Waals surface area contributed by atoms with Gasteiger partial charge in [-0.05, 0) is 24.7 Å². The first kappa shape index (κ1) is 22.0. The first-order valence-corrected chi connectivity index (χ1v) is 10.5. The monoisotopic (exact) mass is 309 g/mol. The molecule has 0 saturated heterocycles. The highest BCUT2D eigenvalue weighted by atomic mass is 14.1. The molecular formula is C22H45. The Morgan fingerprint density at radius 3 is 1.32 bits per heavy atom. The van der Waals surface area contributed by atoms with Crippen molar-refractivity contribution in [2.24, 2.45) is 5.92 Å². The molecule has 0 aromatic heterocycles. The minimum atomic E-state index is 0.839. The highest BCUT2D eigenvalue weighted by Gasteiger charge is 2.04. The van der Waals surface area contributed by atoms with Gasteiger partial charge in [-0.1, -0.05) is 118 Å². The molecule has 0 nitrogen and oxygen atoms in total. The zero-order valence-corrected chi connectivity index (χ0v) is 16.4. The molecule has 0 heterocycles. The molecule has 0 saturated carbocycles. The van der Waals surface area contributed by atoms with Gasteiger partial charge in [-0.3, -0.25) is 0 Å². The topological polar surface area (TPSA) is 0 Å². The van der Waals surface area contributed by atoms with Crippen LogP contribution in [0, 0.1) is 11.8 Å². The van der Waals surface area contributed by atoms with E-state index in [1.165, 1.54) is 103 Å². The molecule has 0 unspecified atom stereocenters. The van der Waals surface area contributed by atoms with Gasteiger partial charge in [0.15, 0.2) is 0 Å². The molecule has 0 heteroatoms. The third-order valence-electron chi connectivity index (χ3n) is 4.71. The lowest BCUT2D eigenvalue weighted by molar-refractivity contribution is 0.521. The molecule has 1 radical (unpaired) electrons. The van der Waals surface area contributed by atoms with Crippen LogP contribution in [0.25, 0.3) is 0 Å². The Morgan fingerprint density at radius 1 is 0.591 bits per heavy atom. The van der Waals surface area contributed by atoms with Crippen LogP contribution in [0.15, 0.2) is 0 Å². The Balaban J connectivity index is 3.05. The lowest BCUT2D eigenvalue weighted by Gasteiger charge is -2.12. The second kappa shape index (κ2) is 17.4. The van der Waals surface area contributed by atoms with E-state index in [-0.39, 0.29) is 0 Å². The van der Waals surface area contributed by atoms with Crippen LogP contribution in [0.4, 0.5) is 0 Å². The van der Waals surface area contributed by atoms with E-state index in [0.717, 1.165) is 5.92 Å². The van der Waals surface area contributed by atoms with E-state index in [1.807, 2.05) is 0 Å². The van der Waals surface area contributed by atoms with Gasteiger partial charge in [-0.15, -0.1) is 0 Å². The molecule has 133 valence electrons. The summed E-state index contributed by atoms with van der Waals surface area (Å²) in [7, 11) is 0. The summed E-state index contributed by atoms with van der Waals surface area (Å²) in [5.74, 6) is 2.56. The first-order chi connectivity index (χ1) is 10.7. The molecule has 0 aromatic rings. The average molecular weight is 310 g/mol. The van der Waals surface area contributed by atoms with Crippen molar-refractivity contribution < 1.29 is 0 Å². The third-order valence-corrected chi connectivity index (χ3v) is 4.71. The van der Waals surface area contributed by atoms with Crippen LogP contribution in [0.1, 0.15) is 130 Å². The quantitative estimate of drug-likeness (QED) is 0.236. The van der Waals surface area contributed by atoms with Crippen LogP contribution in [-0.4, -0.2) is 0 Å². The summed E-state index contributed by atoms with van der Waals surface area (Å²) in [5, 5.41) is 0. The summed E-state index contributed by atoms with van der Waals surface area (Å²) in [5.41, 5.74) is 0. The van der Waals surface area contributed by atoms with Gasteiger partial charge in [0.05, 0.1) is 0 Å². The normalized spacial score (nSPS) is 11.7. The Labute approximate surface area is 142 Å². The van der Waals surface area contributed by atoms with Gasteiger partial charge in [0.25, 0.3) is 0 Å². The van der Waals surface area contributed by atoms with Gasteiger partial charge in [0.2, 0.25) is 0 Å². The molecule has 0 N–H and O–H groups in total. The van der Waals surface area contributed by atoms with E-state index in [1.54, 1.807) is 5.92 Å². The highest BCUT2D eigenvalue weighted by Crippen LogP contribution is 2.20. The zero-order valence-electron chi connectivity index (χ0n) is 16.4. The van der Waals surface area contributed by atoms with Gasteiger partial charge >= 0.3 is 0 Å². The largest absolute Gasteiger partial charge is 0.0654 e. The van der Waals surface area contributed by atoms with Crippen molar-refractivity contribution in [3.05, 3.63) is 5.92 Å². The van der Waals surface area contributed by atoms with Crippen LogP contribution in [0.5, 0.6) is 0 Å². The first-order valence-electron chi connectivity index (χ1n) is 10.5. The third kappa shape index (κ3) is 18.1. The maximum absolute atomic E-state index is 2.35. The SMILES string of the molecule is CCCCCCCCCCCCCCCC[C](C)CC(C)C. The minimum Gasteiger partial charge on any atom is -0.0654 e. The summed E-state index contributed by atoms with van der Waals surface area (Å²) in [4.78, 5) is 0. The van der Waals surface area contributed by atoms with E-state index in [9.17, 15) is 0 Å². The Morgan fingerprint density at radius 2 is 0.955 bits per heavy atom. The van der Waals surface area contributed by atoms with Crippen molar-refractivity contribution in [3.63, 3.8) is 0 Å². The predicted molar refractivity (Wildman–Crippen MR) is 103 cm³/mol. The van der Waals surface area contributed by atoms with Crippen LogP contribution in [0.2, 0.25) is 0 Å². The van der Waals surface area contributed by atoms with E-state index in [0.29, 0.717) is 0 Å². The number of hydrogen-bond acceptors (Lipinski definition) is 0. The van der Waals surface area contributed by atoms with Crippen molar-refractivity contribution >= 4 is 0 Å². The second-order valence-corrected chi connectivity index (χ2v) is 7.90. The fraction of sp³-hybridized carbons (Fsp3) is 0.955. The van der Waals surface area contributed by atoms with Crippen molar-refractivity contribution in [3.8, 4) is 0 Å². The Hall–Kier alpha value is 0. The maximum Gasteiger partial charge on any atom is -0.0269 e. The molecule has 0 spiro atoms. The lowest BCUT2D eigenvalue weighted by Crippen LogP contribution is -1.97. The van der Waals surface area contributed by atoms with Gasteiger partial charge in [0.1, 0.15) is 0 Å². The molecule has 0 bridgehead atoms. The molecular weight excluding hydrogens is 264 g/mol. The van der Waals surface area contributed by atoms with Crippen molar-refractivity contribution in [2.45, 2.75) is 130 Å². The fourth-order valence-corrected chi connectivity index (χ4v) is 3.42. The van der Waals surface area contributed by atoms with Gasteiger partial charge in [0, 0.05) is 0 Å². The Kier molecular flexibility index (Phi) is 17.4. The van der Waals surface area contributed by atoms with E-state index in [2.05, 4.69) is 27.7 Å². The molecule has 0 aliphatic heterocycles. The second-order valence-electron chi connectivity index (χ2n) is 7.90. The molecule has 0 fully saturated rings. The molecule has 0 amide bonds. The summed E-state index contributed by atoms with van der Waals surface area (Å²) in [6.07, 6.45) is 23.1. The molecule has 0 aliphatic rings. The summed E-state index contributed by atoms with van der Waals surface area (Å²) < 4.78 is 0. The molecule has 0 aromatic carbocycles. The Bertz CT molecular complexity index is 194. The zero-order chi connectivity index (χ0) is 16.5. The van der Waals surface area contributed by atoms with Crippen molar-refractivity contribution in [2.75, 3.05) is 0 Å². The van der Waals surface area contributed by atoms with Crippen molar-refractivity contribution in [1.82, 2.24) is 0 Å². The van der Waals surface area contributed by atoms with E-state index >= 15 is 0 Å². The molecule has 22 heavy (non-hydrogen) atoms. The van der Waals surface area contributed by atoms with Gasteiger partial charge in [-0.25, -0.2) is 0 Å². The predicted octanol–water partition coefficient (Wildman–Crippen LogP) is 8.50. The van der Waals surface area contributed by atoms with Crippen molar-refractivity contribution in [1.29, 1.82) is 0 Å². The summed E-state index contributed by atoms with van der Waals surface area (Å²) in [6, 6.07) is 0. The smallest absolute Gasteiger partial charge is 0.0269 e. The fourth-order valence-electron chi connectivity index (χ4n) is 3.42. The van der Waals surface area contributed by atoms with Gasteiger partial charge in [-0.2, -0.15) is 0 Å². The van der Waals surface area contributed by atoms with Crippen LogP contribution in [-0.2, 0) is 0 Å². The standard InChI is InChI=1S/C22H45/c1-5-6-7-8-9-10-11-12-13-14-15-16-17-18-19-22(4)20-21(2)3/h21H,5-20H2,1-4H3. The molecule has 0 rings (SSSR count). The van der Waals surface area contributed by atoms with Crippen LogP contribution < -0.4 is 0 Å². The van der Waals surface area contributed by atoms with E-state index in [4.69, 9.17) is 0 Å².